The highest BCUT2D eigenvalue weighted by molar-refractivity contribution is 9.10. The average Bonchev–Trinajstić information content (AvgIpc) is 2.41. The minimum atomic E-state index is -0.233. The standard InChI is InChI=1S/C15H15BrFNS/c1-11-9-13(16)14(17)10-15(11)18-7-8-19-12-5-3-2-4-6-12/h2-6,9-10,18H,7-8H2,1H3. The maximum Gasteiger partial charge on any atom is 0.139 e. The molecule has 0 aliphatic carbocycles. The van der Waals surface area contributed by atoms with Crippen LogP contribution in [0.4, 0.5) is 10.1 Å². The number of benzene rings is 2. The second-order valence-electron chi connectivity index (χ2n) is 4.17. The minimum absolute atomic E-state index is 0.233. The molecule has 0 fully saturated rings. The molecule has 2 aromatic carbocycles. The highest BCUT2D eigenvalue weighted by atomic mass is 79.9. The fraction of sp³-hybridized carbons (Fsp3) is 0.200. The number of anilines is 1. The second kappa shape index (κ2) is 6.96. The van der Waals surface area contributed by atoms with Crippen LogP contribution in [-0.2, 0) is 0 Å². The van der Waals surface area contributed by atoms with Crippen molar-refractivity contribution in [2.45, 2.75) is 11.8 Å². The summed E-state index contributed by atoms with van der Waals surface area (Å²) in [5.41, 5.74) is 1.90. The van der Waals surface area contributed by atoms with Crippen molar-refractivity contribution in [3.63, 3.8) is 0 Å². The fourth-order valence-electron chi connectivity index (χ4n) is 1.71. The van der Waals surface area contributed by atoms with Crippen LogP contribution in [0.5, 0.6) is 0 Å². The van der Waals surface area contributed by atoms with E-state index in [1.807, 2.05) is 25.1 Å². The van der Waals surface area contributed by atoms with Crippen LogP contribution < -0.4 is 5.32 Å². The molecular weight excluding hydrogens is 325 g/mol. The van der Waals surface area contributed by atoms with Crippen molar-refractivity contribution in [3.05, 3.63) is 58.3 Å². The lowest BCUT2D eigenvalue weighted by Crippen LogP contribution is -2.05. The summed E-state index contributed by atoms with van der Waals surface area (Å²) in [4.78, 5) is 1.25. The molecule has 0 bridgehead atoms. The van der Waals surface area contributed by atoms with E-state index in [0.29, 0.717) is 4.47 Å². The van der Waals surface area contributed by atoms with Gasteiger partial charge >= 0.3 is 0 Å². The lowest BCUT2D eigenvalue weighted by atomic mass is 10.2. The summed E-state index contributed by atoms with van der Waals surface area (Å²) in [6, 6.07) is 13.6. The van der Waals surface area contributed by atoms with Crippen LogP contribution in [0.15, 0.2) is 51.8 Å². The Hall–Kier alpha value is -1.00. The number of hydrogen-bond donors (Lipinski definition) is 1. The molecule has 0 heterocycles. The van der Waals surface area contributed by atoms with Crippen LogP contribution >= 0.6 is 27.7 Å². The molecule has 0 saturated carbocycles. The predicted molar refractivity (Wildman–Crippen MR) is 84.5 cm³/mol. The largest absolute Gasteiger partial charge is 0.384 e. The molecular formula is C15H15BrFNS. The first-order valence-corrected chi connectivity index (χ1v) is 7.82. The van der Waals surface area contributed by atoms with E-state index in [1.165, 1.54) is 11.0 Å². The Labute approximate surface area is 125 Å². The van der Waals surface area contributed by atoms with Crippen LogP contribution in [0.2, 0.25) is 0 Å². The zero-order valence-corrected chi connectivity index (χ0v) is 13.0. The van der Waals surface area contributed by atoms with Crippen LogP contribution in [0.3, 0.4) is 0 Å². The first-order chi connectivity index (χ1) is 9.16. The van der Waals surface area contributed by atoms with Crippen molar-refractivity contribution in [1.29, 1.82) is 0 Å². The lowest BCUT2D eigenvalue weighted by molar-refractivity contribution is 0.621. The van der Waals surface area contributed by atoms with Gasteiger partial charge in [0.1, 0.15) is 5.82 Å². The molecule has 1 N–H and O–H groups in total. The third kappa shape index (κ3) is 4.25. The summed E-state index contributed by atoms with van der Waals surface area (Å²) in [6.07, 6.45) is 0. The topological polar surface area (TPSA) is 12.0 Å². The van der Waals surface area contributed by atoms with Crippen molar-refractivity contribution in [1.82, 2.24) is 0 Å². The van der Waals surface area contributed by atoms with Gasteiger partial charge in [-0.2, -0.15) is 0 Å². The molecule has 0 aliphatic heterocycles. The van der Waals surface area contributed by atoms with Crippen molar-refractivity contribution in [3.8, 4) is 0 Å². The predicted octanol–water partition coefficient (Wildman–Crippen LogP) is 5.10. The first kappa shape index (κ1) is 14.4. The quantitative estimate of drug-likeness (QED) is 0.600. The lowest BCUT2D eigenvalue weighted by Gasteiger charge is -2.10. The molecule has 0 saturated heterocycles. The Kier molecular flexibility index (Phi) is 5.28. The molecule has 0 atom stereocenters. The Morgan fingerprint density at radius 2 is 1.95 bits per heavy atom. The van der Waals surface area contributed by atoms with Gasteiger partial charge in [0.05, 0.1) is 4.47 Å². The average molecular weight is 340 g/mol. The molecule has 100 valence electrons. The number of aryl methyl sites for hydroxylation is 1. The second-order valence-corrected chi connectivity index (χ2v) is 6.19. The highest BCUT2D eigenvalue weighted by Gasteiger charge is 2.04. The van der Waals surface area contributed by atoms with Gasteiger partial charge in [-0.1, -0.05) is 18.2 Å². The van der Waals surface area contributed by atoms with Gasteiger partial charge in [-0.25, -0.2) is 4.39 Å². The van der Waals surface area contributed by atoms with Crippen molar-refractivity contribution < 1.29 is 4.39 Å². The fourth-order valence-corrected chi connectivity index (χ4v) is 2.96. The molecule has 0 radical (unpaired) electrons. The molecule has 0 aliphatic rings. The van der Waals surface area contributed by atoms with Crippen molar-refractivity contribution >= 4 is 33.4 Å². The summed E-state index contributed by atoms with van der Waals surface area (Å²) < 4.78 is 13.9. The summed E-state index contributed by atoms with van der Waals surface area (Å²) >= 11 is 4.97. The van der Waals surface area contributed by atoms with E-state index in [1.54, 1.807) is 17.8 Å². The van der Waals surface area contributed by atoms with Gasteiger partial charge in [0.15, 0.2) is 0 Å². The van der Waals surface area contributed by atoms with Crippen molar-refractivity contribution in [2.75, 3.05) is 17.6 Å². The molecule has 19 heavy (non-hydrogen) atoms. The molecule has 0 unspecified atom stereocenters. The monoisotopic (exact) mass is 339 g/mol. The Balaban J connectivity index is 1.85. The molecule has 0 amide bonds. The number of thioether (sulfide) groups is 1. The number of rotatable bonds is 5. The van der Waals surface area contributed by atoms with Gasteiger partial charge in [-0.05, 0) is 52.7 Å². The number of hydrogen-bond acceptors (Lipinski definition) is 2. The highest BCUT2D eigenvalue weighted by Crippen LogP contribution is 2.24. The molecule has 0 spiro atoms. The summed E-state index contributed by atoms with van der Waals surface area (Å²) in [6.45, 7) is 2.78. The minimum Gasteiger partial charge on any atom is -0.384 e. The van der Waals surface area contributed by atoms with Crippen molar-refractivity contribution in [2.24, 2.45) is 0 Å². The van der Waals surface area contributed by atoms with Crippen LogP contribution in [0.25, 0.3) is 0 Å². The van der Waals surface area contributed by atoms with E-state index in [4.69, 9.17) is 0 Å². The zero-order valence-electron chi connectivity index (χ0n) is 10.6. The van der Waals surface area contributed by atoms with E-state index < -0.39 is 0 Å². The van der Waals surface area contributed by atoms with E-state index in [2.05, 4.69) is 33.4 Å². The number of halogens is 2. The first-order valence-electron chi connectivity index (χ1n) is 6.04. The zero-order chi connectivity index (χ0) is 13.7. The van der Waals surface area contributed by atoms with Crippen LogP contribution in [0, 0.1) is 12.7 Å². The van der Waals surface area contributed by atoms with E-state index in [9.17, 15) is 4.39 Å². The maximum absolute atomic E-state index is 13.4. The Bertz CT molecular complexity index is 545. The van der Waals surface area contributed by atoms with Gasteiger partial charge in [0.25, 0.3) is 0 Å². The third-order valence-corrected chi connectivity index (χ3v) is 4.32. The van der Waals surface area contributed by atoms with E-state index in [-0.39, 0.29) is 5.82 Å². The molecule has 0 aromatic heterocycles. The van der Waals surface area contributed by atoms with Gasteiger partial charge in [0, 0.05) is 22.9 Å². The number of nitrogens with one attached hydrogen (secondary N) is 1. The smallest absolute Gasteiger partial charge is 0.139 e. The van der Waals surface area contributed by atoms with Gasteiger partial charge in [-0.3, -0.25) is 0 Å². The van der Waals surface area contributed by atoms with Gasteiger partial charge in [0.2, 0.25) is 0 Å². The third-order valence-electron chi connectivity index (χ3n) is 2.70. The molecule has 4 heteroatoms. The van der Waals surface area contributed by atoms with E-state index in [0.717, 1.165) is 23.5 Å². The molecule has 2 aromatic rings. The SMILES string of the molecule is Cc1cc(Br)c(F)cc1NCCSc1ccccc1. The summed E-state index contributed by atoms with van der Waals surface area (Å²) in [5.74, 6) is 0.713. The Morgan fingerprint density at radius 1 is 1.21 bits per heavy atom. The van der Waals surface area contributed by atoms with Gasteiger partial charge in [-0.15, -0.1) is 11.8 Å². The van der Waals surface area contributed by atoms with Crippen LogP contribution in [-0.4, -0.2) is 12.3 Å². The normalized spacial score (nSPS) is 10.5. The Morgan fingerprint density at radius 3 is 2.68 bits per heavy atom. The van der Waals surface area contributed by atoms with Gasteiger partial charge < -0.3 is 5.32 Å². The summed E-state index contributed by atoms with van der Waals surface area (Å²) in [5, 5.41) is 3.27. The van der Waals surface area contributed by atoms with E-state index >= 15 is 0 Å². The molecule has 1 nitrogen and oxygen atoms in total. The summed E-state index contributed by atoms with van der Waals surface area (Å²) in [7, 11) is 0. The van der Waals surface area contributed by atoms with Crippen LogP contribution in [0.1, 0.15) is 5.56 Å². The molecule has 2 rings (SSSR count). The maximum atomic E-state index is 13.4.